The van der Waals surface area contributed by atoms with Crippen molar-refractivity contribution in [3.05, 3.63) is 70.6 Å². The Hall–Kier alpha value is -1.52. The van der Waals surface area contributed by atoms with Crippen LogP contribution in [0.4, 0.5) is 0 Å². The standard InChI is InChI=1S/C17H11Br2NO/c18-16(12-7-8-21-17(12)19)10-5-6-15-13(9-10)11-3-1-2-4-14(11)20-15/h1-9,16,20H. The Labute approximate surface area is 138 Å². The molecule has 104 valence electrons. The van der Waals surface area contributed by atoms with E-state index in [4.69, 9.17) is 4.42 Å². The SMILES string of the molecule is Brc1occc1C(Br)c1ccc2[nH]c3ccccc3c2c1. The third-order valence-electron chi connectivity index (χ3n) is 3.74. The van der Waals surface area contributed by atoms with Crippen LogP contribution in [0.1, 0.15) is 16.0 Å². The van der Waals surface area contributed by atoms with Gasteiger partial charge in [0.05, 0.1) is 11.1 Å². The topological polar surface area (TPSA) is 28.9 Å². The molecule has 0 saturated carbocycles. The normalized spacial score (nSPS) is 13.0. The van der Waals surface area contributed by atoms with E-state index in [-0.39, 0.29) is 4.83 Å². The van der Waals surface area contributed by atoms with Crippen LogP contribution < -0.4 is 0 Å². The van der Waals surface area contributed by atoms with Crippen LogP contribution in [0.2, 0.25) is 0 Å². The van der Waals surface area contributed by atoms with Crippen LogP contribution in [0.5, 0.6) is 0 Å². The number of nitrogens with one attached hydrogen (secondary N) is 1. The lowest BCUT2D eigenvalue weighted by atomic mass is 10.0. The van der Waals surface area contributed by atoms with E-state index in [0.717, 1.165) is 15.7 Å². The molecule has 0 aliphatic heterocycles. The molecule has 1 unspecified atom stereocenters. The van der Waals surface area contributed by atoms with E-state index in [1.165, 1.54) is 21.9 Å². The molecule has 21 heavy (non-hydrogen) atoms. The molecule has 2 aromatic carbocycles. The van der Waals surface area contributed by atoms with Crippen LogP contribution in [0.25, 0.3) is 21.8 Å². The minimum atomic E-state index is 0.101. The molecule has 0 spiro atoms. The quantitative estimate of drug-likeness (QED) is 0.398. The number of halogens is 2. The fourth-order valence-electron chi connectivity index (χ4n) is 2.69. The van der Waals surface area contributed by atoms with Gasteiger partial charge in [0.1, 0.15) is 0 Å². The minimum Gasteiger partial charge on any atom is -0.457 e. The second-order valence-electron chi connectivity index (χ2n) is 4.99. The van der Waals surface area contributed by atoms with Gasteiger partial charge in [0, 0.05) is 27.4 Å². The highest BCUT2D eigenvalue weighted by Gasteiger charge is 2.16. The van der Waals surface area contributed by atoms with Crippen LogP contribution in [0.15, 0.2) is 63.9 Å². The van der Waals surface area contributed by atoms with Gasteiger partial charge >= 0.3 is 0 Å². The van der Waals surface area contributed by atoms with Crippen LogP contribution >= 0.6 is 31.9 Å². The Bertz CT molecular complexity index is 938. The first-order valence-corrected chi connectivity index (χ1v) is 8.32. The Morgan fingerprint density at radius 1 is 0.952 bits per heavy atom. The molecule has 4 heteroatoms. The van der Waals surface area contributed by atoms with E-state index in [1.54, 1.807) is 6.26 Å². The summed E-state index contributed by atoms with van der Waals surface area (Å²) in [7, 11) is 0. The van der Waals surface area contributed by atoms with Crippen LogP contribution in [-0.2, 0) is 0 Å². The number of benzene rings is 2. The van der Waals surface area contributed by atoms with Gasteiger partial charge in [0.2, 0.25) is 0 Å². The zero-order valence-corrected chi connectivity index (χ0v) is 14.1. The van der Waals surface area contributed by atoms with E-state index in [9.17, 15) is 0 Å². The van der Waals surface area contributed by atoms with Gasteiger partial charge in [-0.3, -0.25) is 0 Å². The second kappa shape index (κ2) is 5.04. The number of aromatic amines is 1. The maximum atomic E-state index is 5.33. The molecule has 0 amide bonds. The molecule has 1 atom stereocenters. The third kappa shape index (κ3) is 2.14. The van der Waals surface area contributed by atoms with Crippen molar-refractivity contribution in [3.63, 3.8) is 0 Å². The maximum absolute atomic E-state index is 5.33. The van der Waals surface area contributed by atoms with Crippen molar-refractivity contribution in [3.8, 4) is 0 Å². The molecule has 2 heterocycles. The van der Waals surface area contributed by atoms with E-state index >= 15 is 0 Å². The Morgan fingerprint density at radius 2 is 1.76 bits per heavy atom. The number of furan rings is 1. The predicted octanol–water partition coefficient (Wildman–Crippen LogP) is 6.16. The number of hydrogen-bond donors (Lipinski definition) is 1. The second-order valence-corrected chi connectivity index (χ2v) is 6.62. The summed E-state index contributed by atoms with van der Waals surface area (Å²) < 4.78 is 6.10. The number of para-hydroxylation sites is 1. The van der Waals surface area contributed by atoms with Crippen LogP contribution in [0.3, 0.4) is 0 Å². The smallest absolute Gasteiger partial charge is 0.173 e. The Kier molecular flexibility index (Phi) is 3.16. The first kappa shape index (κ1) is 13.2. The van der Waals surface area contributed by atoms with Crippen LogP contribution in [-0.4, -0.2) is 4.98 Å². The van der Waals surface area contributed by atoms with Crippen molar-refractivity contribution in [2.75, 3.05) is 0 Å². The lowest BCUT2D eigenvalue weighted by Crippen LogP contribution is -1.91. The molecule has 0 bridgehead atoms. The van der Waals surface area contributed by atoms with E-state index in [1.807, 2.05) is 6.07 Å². The van der Waals surface area contributed by atoms with Gasteiger partial charge in [-0.05, 0) is 45.8 Å². The molecular weight excluding hydrogens is 394 g/mol. The molecule has 2 nitrogen and oxygen atoms in total. The molecule has 0 aliphatic carbocycles. The fourth-order valence-corrected chi connectivity index (χ4v) is 4.11. The molecule has 4 aromatic rings. The Morgan fingerprint density at radius 3 is 2.57 bits per heavy atom. The van der Waals surface area contributed by atoms with Crippen molar-refractivity contribution in [2.45, 2.75) is 4.83 Å². The summed E-state index contributed by atoms with van der Waals surface area (Å²) >= 11 is 7.21. The molecule has 2 aromatic heterocycles. The van der Waals surface area contributed by atoms with Crippen molar-refractivity contribution in [2.24, 2.45) is 0 Å². The molecule has 0 radical (unpaired) electrons. The van der Waals surface area contributed by atoms with Crippen molar-refractivity contribution in [1.82, 2.24) is 4.98 Å². The van der Waals surface area contributed by atoms with Gasteiger partial charge in [-0.2, -0.15) is 0 Å². The third-order valence-corrected chi connectivity index (χ3v) is 5.41. The van der Waals surface area contributed by atoms with Gasteiger partial charge in [0.15, 0.2) is 4.67 Å². The largest absolute Gasteiger partial charge is 0.457 e. The number of alkyl halides is 1. The van der Waals surface area contributed by atoms with Gasteiger partial charge < -0.3 is 9.40 Å². The summed E-state index contributed by atoms with van der Waals surface area (Å²) in [6, 6.07) is 16.8. The van der Waals surface area contributed by atoms with Crippen molar-refractivity contribution < 1.29 is 4.42 Å². The summed E-state index contributed by atoms with van der Waals surface area (Å²) in [6.45, 7) is 0. The van der Waals surface area contributed by atoms with Crippen molar-refractivity contribution >= 4 is 53.7 Å². The summed E-state index contributed by atoms with van der Waals surface area (Å²) in [6.07, 6.45) is 1.69. The summed E-state index contributed by atoms with van der Waals surface area (Å²) in [5, 5.41) is 2.49. The zero-order valence-electron chi connectivity index (χ0n) is 10.9. The molecule has 1 N–H and O–H groups in total. The van der Waals surface area contributed by atoms with Gasteiger partial charge in [-0.1, -0.05) is 40.2 Å². The number of aromatic nitrogens is 1. The monoisotopic (exact) mass is 403 g/mol. The average Bonchev–Trinajstić information content (AvgIpc) is 3.09. The fraction of sp³-hybridized carbons (Fsp3) is 0.0588. The minimum absolute atomic E-state index is 0.101. The van der Waals surface area contributed by atoms with E-state index in [2.05, 4.69) is 79.3 Å². The van der Waals surface area contributed by atoms with Gasteiger partial charge in [0.25, 0.3) is 0 Å². The van der Waals surface area contributed by atoms with E-state index in [0.29, 0.717) is 0 Å². The van der Waals surface area contributed by atoms with Crippen LogP contribution in [0, 0.1) is 0 Å². The molecule has 0 fully saturated rings. The first-order chi connectivity index (χ1) is 10.2. The number of hydrogen-bond acceptors (Lipinski definition) is 1. The molecular formula is C17H11Br2NO. The van der Waals surface area contributed by atoms with Gasteiger partial charge in [-0.15, -0.1) is 0 Å². The predicted molar refractivity (Wildman–Crippen MR) is 93.0 cm³/mol. The highest BCUT2D eigenvalue weighted by molar-refractivity contribution is 9.10. The molecule has 0 saturated heterocycles. The Balaban J connectivity index is 1.90. The first-order valence-electron chi connectivity index (χ1n) is 6.61. The molecule has 0 aliphatic rings. The summed E-state index contributed by atoms with van der Waals surface area (Å²) in [5.74, 6) is 0. The van der Waals surface area contributed by atoms with Crippen molar-refractivity contribution in [1.29, 1.82) is 0 Å². The number of rotatable bonds is 2. The summed E-state index contributed by atoms with van der Waals surface area (Å²) in [5.41, 5.74) is 4.62. The van der Waals surface area contributed by atoms with E-state index < -0.39 is 0 Å². The lowest BCUT2D eigenvalue weighted by Gasteiger charge is -2.09. The number of H-pyrrole nitrogens is 1. The number of fused-ring (bicyclic) bond motifs is 3. The summed E-state index contributed by atoms with van der Waals surface area (Å²) in [4.78, 5) is 3.55. The maximum Gasteiger partial charge on any atom is 0.173 e. The average molecular weight is 405 g/mol. The molecule has 4 rings (SSSR count). The highest BCUT2D eigenvalue weighted by atomic mass is 79.9. The zero-order chi connectivity index (χ0) is 14.4. The highest BCUT2D eigenvalue weighted by Crippen LogP contribution is 2.38. The lowest BCUT2D eigenvalue weighted by molar-refractivity contribution is 0.537. The van der Waals surface area contributed by atoms with Gasteiger partial charge in [-0.25, -0.2) is 0 Å².